The van der Waals surface area contributed by atoms with Crippen LogP contribution in [0.5, 0.6) is 0 Å². The average molecular weight is 303 g/mol. The Morgan fingerprint density at radius 3 is 1.84 bits per heavy atom. The molecule has 0 aromatic carbocycles. The number of rotatable bonds is 10. The maximum atomic E-state index is 5.23. The highest BCUT2D eigenvalue weighted by molar-refractivity contribution is 6.18. The van der Waals surface area contributed by atoms with Crippen molar-refractivity contribution in [1.29, 1.82) is 0 Å². The summed E-state index contributed by atoms with van der Waals surface area (Å²) in [4.78, 5) is 0. The molecule has 1 atom stereocenters. The van der Waals surface area contributed by atoms with E-state index in [-0.39, 0.29) is 15.9 Å². The Kier molecular flexibility index (Phi) is 19.9. The van der Waals surface area contributed by atoms with Gasteiger partial charge in [-0.05, 0) is 40.0 Å². The van der Waals surface area contributed by atoms with Crippen LogP contribution in [0.3, 0.4) is 0 Å². The van der Waals surface area contributed by atoms with Crippen molar-refractivity contribution in [3.05, 3.63) is 0 Å². The van der Waals surface area contributed by atoms with Gasteiger partial charge in [-0.25, -0.2) is 0 Å². The van der Waals surface area contributed by atoms with Crippen LogP contribution in [0.25, 0.3) is 0 Å². The molecule has 19 heavy (non-hydrogen) atoms. The van der Waals surface area contributed by atoms with Crippen LogP contribution in [0.1, 0.15) is 67.2 Å². The van der Waals surface area contributed by atoms with Crippen molar-refractivity contribution >= 4 is 32.5 Å². The number of unbranched alkanes of at least 4 members (excludes halogenated alkanes) is 1. The number of hydrogen-bond donors (Lipinski definition) is 0. The summed E-state index contributed by atoms with van der Waals surface area (Å²) in [5.74, 6) is 0.831. The summed E-state index contributed by atoms with van der Waals surface area (Å²) in [6.45, 7) is 13.5. The van der Waals surface area contributed by atoms with Crippen molar-refractivity contribution in [1.82, 2.24) is 0 Å². The molecule has 0 saturated carbocycles. The van der Waals surface area contributed by atoms with Gasteiger partial charge >= 0.3 is 32.5 Å². The van der Waals surface area contributed by atoms with Crippen LogP contribution in [0.4, 0.5) is 0 Å². The fourth-order valence-corrected chi connectivity index (χ4v) is 2.37. The molecule has 3 nitrogen and oxygen atoms in total. The normalized spacial score (nSPS) is 12.2. The molecular formula is C14H33Al2O3. The first-order chi connectivity index (χ1) is 8.97. The molecule has 0 aromatic rings. The van der Waals surface area contributed by atoms with Crippen LogP contribution in [-0.2, 0) is 11.4 Å². The highest BCUT2D eigenvalue weighted by Crippen LogP contribution is 2.11. The molecule has 0 aliphatic rings. The van der Waals surface area contributed by atoms with Gasteiger partial charge in [-0.1, -0.05) is 33.1 Å². The summed E-state index contributed by atoms with van der Waals surface area (Å²) >= 11 is 0.655. The minimum absolute atomic E-state index is 0.245. The molecule has 0 aromatic heterocycles. The van der Waals surface area contributed by atoms with Gasteiger partial charge in [0.1, 0.15) is 0 Å². The van der Waals surface area contributed by atoms with Gasteiger partial charge in [-0.3, -0.25) is 0 Å². The first kappa shape index (κ1) is 22.2. The van der Waals surface area contributed by atoms with E-state index in [1.807, 2.05) is 27.7 Å². The zero-order valence-electron chi connectivity index (χ0n) is 14.1. The van der Waals surface area contributed by atoms with Crippen LogP contribution in [0, 0.1) is 5.92 Å². The van der Waals surface area contributed by atoms with Gasteiger partial charge in [0, 0.05) is 18.8 Å². The summed E-state index contributed by atoms with van der Waals surface area (Å²) in [6, 6.07) is 0. The lowest BCUT2D eigenvalue weighted by molar-refractivity contribution is 0.152. The van der Waals surface area contributed by atoms with Crippen molar-refractivity contribution in [3.8, 4) is 0 Å². The van der Waals surface area contributed by atoms with E-state index in [2.05, 4.69) is 13.8 Å². The van der Waals surface area contributed by atoms with Crippen LogP contribution in [-0.4, -0.2) is 51.3 Å². The van der Waals surface area contributed by atoms with Gasteiger partial charge in [0.25, 0.3) is 0 Å². The minimum atomic E-state index is -0.245. The molecule has 0 spiro atoms. The maximum absolute atomic E-state index is 5.23. The van der Waals surface area contributed by atoms with Gasteiger partial charge in [0.05, 0.1) is 0 Å². The van der Waals surface area contributed by atoms with E-state index in [0.717, 1.165) is 29.1 Å². The Morgan fingerprint density at radius 2 is 1.53 bits per heavy atom. The highest BCUT2D eigenvalue weighted by atomic mass is 27.2. The Morgan fingerprint density at radius 1 is 1.00 bits per heavy atom. The predicted molar refractivity (Wildman–Crippen MR) is 86.0 cm³/mol. The molecule has 0 aliphatic carbocycles. The fraction of sp³-hybridized carbons (Fsp3) is 1.00. The summed E-state index contributed by atoms with van der Waals surface area (Å²) in [5.41, 5.74) is 0. The lowest BCUT2D eigenvalue weighted by atomic mass is 10.0. The fourth-order valence-electron chi connectivity index (χ4n) is 1.39. The van der Waals surface area contributed by atoms with Crippen molar-refractivity contribution in [2.24, 2.45) is 5.92 Å². The van der Waals surface area contributed by atoms with E-state index < -0.39 is 0 Å². The van der Waals surface area contributed by atoms with E-state index in [9.17, 15) is 0 Å². The molecule has 0 fully saturated rings. The van der Waals surface area contributed by atoms with Gasteiger partial charge in [-0.2, -0.15) is 0 Å². The third kappa shape index (κ3) is 21.4. The second-order valence-corrected chi connectivity index (χ2v) is 6.65. The molecule has 0 rings (SSSR count). The molecule has 1 unspecified atom stereocenters. The van der Waals surface area contributed by atoms with E-state index >= 15 is 0 Å². The Hall–Kier alpha value is 0.945. The van der Waals surface area contributed by atoms with Gasteiger partial charge in [0.15, 0.2) is 0 Å². The third-order valence-electron chi connectivity index (χ3n) is 2.60. The van der Waals surface area contributed by atoms with E-state index in [1.54, 1.807) is 0 Å². The summed E-state index contributed by atoms with van der Waals surface area (Å²) in [7, 11) is 0. The second kappa shape index (κ2) is 17.0. The van der Waals surface area contributed by atoms with E-state index in [0.29, 0.717) is 12.2 Å². The topological polar surface area (TPSA) is 27.7 Å². The Bertz CT molecular complexity index is 159. The zero-order chi connectivity index (χ0) is 15.1. The smallest absolute Gasteiger partial charge is 0.506 e. The lowest BCUT2D eigenvalue weighted by Gasteiger charge is -2.13. The minimum Gasteiger partial charge on any atom is -0.506 e. The predicted octanol–water partition coefficient (Wildman–Crippen LogP) is 3.14. The van der Waals surface area contributed by atoms with Crippen LogP contribution >= 0.6 is 0 Å². The summed E-state index contributed by atoms with van der Waals surface area (Å²) < 4.78 is 15.7. The molecule has 0 N–H and O–H groups in total. The first-order valence-electron chi connectivity index (χ1n) is 7.59. The quantitative estimate of drug-likeness (QED) is 0.580. The molecule has 0 aliphatic heterocycles. The number of hydrogen-bond acceptors (Lipinski definition) is 3. The van der Waals surface area contributed by atoms with Crippen molar-refractivity contribution in [2.45, 2.75) is 79.4 Å². The van der Waals surface area contributed by atoms with Gasteiger partial charge < -0.3 is 11.4 Å². The average Bonchev–Trinajstić information content (AvgIpc) is 2.34. The highest BCUT2D eigenvalue weighted by Gasteiger charge is 2.03. The molecule has 0 heterocycles. The standard InChI is InChI=1S/C8H17O.2C3H7O.2Al.2H/c1-3-5-6-8(4-2)7-9;2*1-3(2)4;;;;/h8H,3-7H2,1-2H3;2*3H,1-2H3;;;;/q3*-1;+1;+2;;. The van der Waals surface area contributed by atoms with Crippen molar-refractivity contribution in [2.75, 3.05) is 6.61 Å². The van der Waals surface area contributed by atoms with Crippen molar-refractivity contribution in [3.63, 3.8) is 0 Å². The molecule has 113 valence electrons. The molecule has 0 saturated heterocycles. The van der Waals surface area contributed by atoms with E-state index in [1.165, 1.54) is 25.7 Å². The van der Waals surface area contributed by atoms with Gasteiger partial charge in [0.2, 0.25) is 0 Å². The van der Waals surface area contributed by atoms with Crippen molar-refractivity contribution < 1.29 is 11.4 Å². The zero-order valence-corrected chi connectivity index (χ0v) is 17.2. The van der Waals surface area contributed by atoms with Crippen LogP contribution < -0.4 is 0 Å². The monoisotopic (exact) mass is 303 g/mol. The first-order valence-corrected chi connectivity index (χ1v) is 9.35. The van der Waals surface area contributed by atoms with E-state index in [4.69, 9.17) is 11.4 Å². The van der Waals surface area contributed by atoms with Gasteiger partial charge in [-0.15, -0.1) is 0 Å². The molecular weight excluding hydrogens is 270 g/mol. The maximum Gasteiger partial charge on any atom is 0.668 e. The molecule has 1 radical (unpaired) electrons. The summed E-state index contributed by atoms with van der Waals surface area (Å²) in [5, 5.41) is 0. The molecule has 5 heteroatoms. The van der Waals surface area contributed by atoms with Crippen LogP contribution in [0.15, 0.2) is 0 Å². The Balaban J connectivity index is 0. The van der Waals surface area contributed by atoms with Crippen LogP contribution in [0.2, 0.25) is 0 Å². The summed E-state index contributed by atoms with van der Waals surface area (Å²) in [6.07, 6.45) is 5.93. The molecule has 0 amide bonds. The third-order valence-corrected chi connectivity index (χ3v) is 4.25. The molecule has 0 bridgehead atoms. The SMILES string of the molecule is CC(C)[O][Al][O]C(C)C.CCCCC(CC)C[O][AlH2]. The second-order valence-electron chi connectivity index (χ2n) is 5.34. The largest absolute Gasteiger partial charge is 0.668 e. The Labute approximate surface area is 135 Å². The lowest BCUT2D eigenvalue weighted by Crippen LogP contribution is -2.14.